The van der Waals surface area contributed by atoms with Crippen molar-refractivity contribution in [2.75, 3.05) is 5.32 Å². The Morgan fingerprint density at radius 1 is 1.25 bits per heavy atom. The van der Waals surface area contributed by atoms with Gasteiger partial charge in [-0.2, -0.15) is 0 Å². The van der Waals surface area contributed by atoms with Gasteiger partial charge in [0.2, 0.25) is 0 Å². The van der Waals surface area contributed by atoms with E-state index in [1.54, 1.807) is 11.3 Å². The van der Waals surface area contributed by atoms with Gasteiger partial charge in [-0.1, -0.05) is 13.8 Å². The van der Waals surface area contributed by atoms with Crippen LogP contribution in [0.4, 0.5) is 5.13 Å². The van der Waals surface area contributed by atoms with E-state index in [0.29, 0.717) is 6.04 Å². The molecule has 0 aromatic carbocycles. The number of hydrogen-bond donors (Lipinski definition) is 1. The van der Waals surface area contributed by atoms with Crippen LogP contribution < -0.4 is 5.32 Å². The largest absolute Gasteiger partial charge is 0.359 e. The van der Waals surface area contributed by atoms with Crippen molar-refractivity contribution in [3.8, 4) is 0 Å². The van der Waals surface area contributed by atoms with Crippen molar-refractivity contribution < 1.29 is 0 Å². The maximum atomic E-state index is 4.57. The summed E-state index contributed by atoms with van der Waals surface area (Å²) < 4.78 is 0. The third kappa shape index (κ3) is 2.57. The predicted octanol–water partition coefficient (Wildman–Crippen LogP) is 4.00. The van der Waals surface area contributed by atoms with E-state index in [1.807, 2.05) is 0 Å². The lowest BCUT2D eigenvalue weighted by molar-refractivity contribution is 0.276. The number of nitrogens with one attached hydrogen (secondary N) is 1. The maximum Gasteiger partial charge on any atom is 0.183 e. The van der Waals surface area contributed by atoms with E-state index >= 15 is 0 Å². The molecule has 3 atom stereocenters. The third-order valence-corrected chi connectivity index (χ3v) is 4.77. The third-order valence-electron chi connectivity index (χ3n) is 3.77. The average molecular weight is 238 g/mol. The summed E-state index contributed by atoms with van der Waals surface area (Å²) in [5, 5.41) is 4.73. The van der Waals surface area contributed by atoms with Crippen LogP contribution in [-0.4, -0.2) is 11.0 Å². The summed E-state index contributed by atoms with van der Waals surface area (Å²) in [6.07, 6.45) is 3.99. The molecule has 16 heavy (non-hydrogen) atoms. The SMILES string of the molecule is Cc1nc(NC2CCC(C)CC2C)sc1C. The van der Waals surface area contributed by atoms with Crippen molar-refractivity contribution in [2.45, 2.75) is 53.0 Å². The summed E-state index contributed by atoms with van der Waals surface area (Å²) in [4.78, 5) is 5.90. The molecule has 2 nitrogen and oxygen atoms in total. The number of nitrogens with zero attached hydrogens (tertiary/aromatic N) is 1. The first-order valence-corrected chi connectivity index (χ1v) is 7.08. The molecule has 1 N–H and O–H groups in total. The van der Waals surface area contributed by atoms with Crippen molar-refractivity contribution in [1.29, 1.82) is 0 Å². The lowest BCUT2D eigenvalue weighted by atomic mass is 9.80. The lowest BCUT2D eigenvalue weighted by Crippen LogP contribution is -2.32. The average Bonchev–Trinajstić information content (AvgIpc) is 2.51. The standard InChI is InChI=1S/C13H22N2S/c1-8-5-6-12(9(2)7-8)15-13-14-10(3)11(4)16-13/h8-9,12H,5-7H2,1-4H3,(H,14,15). The van der Waals surface area contributed by atoms with Crippen LogP contribution in [0.2, 0.25) is 0 Å². The van der Waals surface area contributed by atoms with Gasteiger partial charge in [0, 0.05) is 10.9 Å². The minimum Gasteiger partial charge on any atom is -0.359 e. The second-order valence-corrected chi connectivity index (χ2v) is 6.51. The fourth-order valence-corrected chi connectivity index (χ4v) is 3.45. The fourth-order valence-electron chi connectivity index (χ4n) is 2.57. The first kappa shape index (κ1) is 11.9. The molecule has 0 amide bonds. The van der Waals surface area contributed by atoms with E-state index in [2.05, 4.69) is 38.0 Å². The Kier molecular flexibility index (Phi) is 3.53. The zero-order valence-electron chi connectivity index (χ0n) is 10.7. The van der Waals surface area contributed by atoms with Gasteiger partial charge in [0.25, 0.3) is 0 Å². The topological polar surface area (TPSA) is 24.9 Å². The molecule has 1 fully saturated rings. The van der Waals surface area contributed by atoms with E-state index < -0.39 is 0 Å². The highest BCUT2D eigenvalue weighted by molar-refractivity contribution is 7.15. The van der Waals surface area contributed by atoms with Crippen LogP contribution >= 0.6 is 11.3 Å². The molecule has 90 valence electrons. The van der Waals surface area contributed by atoms with Crippen LogP contribution in [0.3, 0.4) is 0 Å². The number of thiazole rings is 1. The molecule has 1 aromatic heterocycles. The first-order chi connectivity index (χ1) is 7.56. The lowest BCUT2D eigenvalue weighted by Gasteiger charge is -2.33. The number of anilines is 1. The Morgan fingerprint density at radius 2 is 2.00 bits per heavy atom. The molecule has 1 aromatic rings. The van der Waals surface area contributed by atoms with Gasteiger partial charge in [-0.15, -0.1) is 11.3 Å². The van der Waals surface area contributed by atoms with E-state index in [9.17, 15) is 0 Å². The van der Waals surface area contributed by atoms with E-state index in [-0.39, 0.29) is 0 Å². The molecule has 1 saturated carbocycles. The highest BCUT2D eigenvalue weighted by Crippen LogP contribution is 2.32. The molecule has 1 aliphatic carbocycles. The molecule has 0 saturated heterocycles. The molecule has 0 radical (unpaired) electrons. The normalized spacial score (nSPS) is 30.4. The van der Waals surface area contributed by atoms with Crippen molar-refractivity contribution in [3.05, 3.63) is 10.6 Å². The fraction of sp³-hybridized carbons (Fsp3) is 0.769. The van der Waals surface area contributed by atoms with Crippen LogP contribution in [-0.2, 0) is 0 Å². The second kappa shape index (κ2) is 4.74. The van der Waals surface area contributed by atoms with Crippen LogP contribution in [0.25, 0.3) is 0 Å². The van der Waals surface area contributed by atoms with Gasteiger partial charge in [-0.25, -0.2) is 4.98 Å². The Morgan fingerprint density at radius 3 is 2.56 bits per heavy atom. The Labute approximate surface area is 102 Å². The molecular formula is C13H22N2S. The number of aromatic nitrogens is 1. The van der Waals surface area contributed by atoms with Gasteiger partial charge in [0.15, 0.2) is 5.13 Å². The number of aryl methyl sites for hydroxylation is 2. The Hall–Kier alpha value is -0.570. The monoisotopic (exact) mass is 238 g/mol. The minimum atomic E-state index is 0.626. The number of rotatable bonds is 2. The molecule has 2 rings (SSSR count). The molecule has 3 unspecified atom stereocenters. The summed E-state index contributed by atoms with van der Waals surface area (Å²) in [5.41, 5.74) is 1.17. The van der Waals surface area contributed by atoms with Crippen LogP contribution in [0.5, 0.6) is 0 Å². The first-order valence-electron chi connectivity index (χ1n) is 6.27. The zero-order chi connectivity index (χ0) is 11.7. The van der Waals surface area contributed by atoms with Crippen molar-refractivity contribution in [2.24, 2.45) is 11.8 Å². The summed E-state index contributed by atoms with van der Waals surface area (Å²) in [7, 11) is 0. The summed E-state index contributed by atoms with van der Waals surface area (Å²) in [6, 6.07) is 0.626. The van der Waals surface area contributed by atoms with Gasteiger partial charge in [0.05, 0.1) is 5.69 Å². The Balaban J connectivity index is 1.99. The Bertz CT molecular complexity index is 339. The molecule has 3 heteroatoms. The quantitative estimate of drug-likeness (QED) is 0.842. The molecule has 1 aliphatic rings. The second-order valence-electron chi connectivity index (χ2n) is 5.31. The van der Waals surface area contributed by atoms with Gasteiger partial charge in [0.1, 0.15) is 0 Å². The van der Waals surface area contributed by atoms with Gasteiger partial charge in [-0.05, 0) is 44.9 Å². The highest BCUT2D eigenvalue weighted by Gasteiger charge is 2.25. The van der Waals surface area contributed by atoms with Crippen molar-refractivity contribution in [3.63, 3.8) is 0 Å². The smallest absolute Gasteiger partial charge is 0.183 e. The van der Waals surface area contributed by atoms with Crippen LogP contribution in [0.1, 0.15) is 43.7 Å². The molecular weight excluding hydrogens is 216 g/mol. The maximum absolute atomic E-state index is 4.57. The predicted molar refractivity (Wildman–Crippen MR) is 71.2 cm³/mol. The van der Waals surface area contributed by atoms with E-state index in [4.69, 9.17) is 0 Å². The van der Waals surface area contributed by atoms with Crippen LogP contribution in [0, 0.1) is 25.7 Å². The number of hydrogen-bond acceptors (Lipinski definition) is 3. The zero-order valence-corrected chi connectivity index (χ0v) is 11.5. The minimum absolute atomic E-state index is 0.626. The van der Waals surface area contributed by atoms with Gasteiger partial charge in [-0.3, -0.25) is 0 Å². The van der Waals surface area contributed by atoms with Crippen molar-refractivity contribution in [1.82, 2.24) is 4.98 Å². The van der Waals surface area contributed by atoms with E-state index in [1.165, 1.54) is 29.8 Å². The van der Waals surface area contributed by atoms with E-state index in [0.717, 1.165) is 17.0 Å². The van der Waals surface area contributed by atoms with Gasteiger partial charge >= 0.3 is 0 Å². The molecule has 1 heterocycles. The van der Waals surface area contributed by atoms with Crippen molar-refractivity contribution >= 4 is 16.5 Å². The molecule has 0 spiro atoms. The molecule has 0 aliphatic heterocycles. The highest BCUT2D eigenvalue weighted by atomic mass is 32.1. The summed E-state index contributed by atoms with van der Waals surface area (Å²) in [5.74, 6) is 1.67. The molecule has 0 bridgehead atoms. The van der Waals surface area contributed by atoms with Gasteiger partial charge < -0.3 is 5.32 Å². The van der Waals surface area contributed by atoms with Crippen LogP contribution in [0.15, 0.2) is 0 Å². The summed E-state index contributed by atoms with van der Waals surface area (Å²) in [6.45, 7) is 8.96. The summed E-state index contributed by atoms with van der Waals surface area (Å²) >= 11 is 1.79.